The number of hydrogen-bond acceptors (Lipinski definition) is 4. The van der Waals surface area contributed by atoms with Gasteiger partial charge in [-0.15, -0.1) is 0 Å². The average molecular weight is 227 g/mol. The molecule has 1 heterocycles. The molecule has 0 unspecified atom stereocenters. The summed E-state index contributed by atoms with van der Waals surface area (Å²) in [5.41, 5.74) is 0. The van der Waals surface area contributed by atoms with E-state index in [0.29, 0.717) is 4.88 Å². The minimum atomic E-state index is -1.18. The first-order valence-electron chi connectivity index (χ1n) is 4.42. The first-order valence-corrected chi connectivity index (χ1v) is 5.23. The first kappa shape index (κ1) is 9.91. The fraction of sp³-hybridized carbons (Fsp3) is 0.375. The van der Waals surface area contributed by atoms with Crippen LogP contribution in [0.2, 0.25) is 0 Å². The lowest BCUT2D eigenvalue weighted by molar-refractivity contribution is 0.0955. The van der Waals surface area contributed by atoms with Gasteiger partial charge in [0.25, 0.3) is 5.91 Å². The highest BCUT2D eigenvalue weighted by atomic mass is 32.1. The van der Waals surface area contributed by atoms with Crippen LogP contribution in [-0.2, 0) is 0 Å². The zero-order chi connectivity index (χ0) is 10.8. The molecule has 80 valence electrons. The summed E-state index contributed by atoms with van der Waals surface area (Å²) < 4.78 is 0. The van der Waals surface area contributed by atoms with Gasteiger partial charge in [0.1, 0.15) is 4.88 Å². The van der Waals surface area contributed by atoms with Gasteiger partial charge in [-0.1, -0.05) is 11.3 Å². The summed E-state index contributed by atoms with van der Waals surface area (Å²) in [7, 11) is 0. The van der Waals surface area contributed by atoms with Crippen LogP contribution in [0.5, 0.6) is 0 Å². The Morgan fingerprint density at radius 2 is 2.27 bits per heavy atom. The van der Waals surface area contributed by atoms with Gasteiger partial charge in [0.2, 0.25) is 0 Å². The number of nitrogens with one attached hydrogen (secondary N) is 2. The summed E-state index contributed by atoms with van der Waals surface area (Å²) in [5.74, 6) is -0.187. The maximum Gasteiger partial charge on any atom is 0.410 e. The number of anilines is 1. The number of carbonyl (C=O) groups excluding carboxylic acids is 1. The molecule has 7 heteroatoms. The number of hydrogen-bond donors (Lipinski definition) is 3. The standard InChI is InChI=1S/C8H9N3O3S/c12-6(10-4-1-2-4)5-3-9-7(15-5)11-8(13)14/h3-4H,1-2H2,(H,9,11)(H,10,12)(H,13,14). The Balaban J connectivity index is 1.98. The predicted octanol–water partition coefficient (Wildman–Crippen LogP) is 1.13. The molecule has 0 radical (unpaired) electrons. The molecule has 1 aliphatic carbocycles. The molecule has 15 heavy (non-hydrogen) atoms. The summed E-state index contributed by atoms with van der Waals surface area (Å²) in [5, 5.41) is 13.5. The van der Waals surface area contributed by atoms with Gasteiger partial charge in [-0.05, 0) is 12.8 Å². The van der Waals surface area contributed by atoms with E-state index in [1.54, 1.807) is 0 Å². The molecule has 0 saturated heterocycles. The smallest absolute Gasteiger partial charge is 0.410 e. The first-order chi connectivity index (χ1) is 7.15. The molecule has 1 aliphatic rings. The van der Waals surface area contributed by atoms with Crippen molar-refractivity contribution in [1.82, 2.24) is 10.3 Å². The zero-order valence-corrected chi connectivity index (χ0v) is 8.50. The number of thiazole rings is 1. The molecule has 1 aromatic heterocycles. The topological polar surface area (TPSA) is 91.3 Å². The van der Waals surface area contributed by atoms with Crippen LogP contribution in [0.15, 0.2) is 6.20 Å². The normalized spacial score (nSPS) is 14.7. The summed E-state index contributed by atoms with van der Waals surface area (Å²) in [4.78, 5) is 26.0. The van der Waals surface area contributed by atoms with Crippen molar-refractivity contribution in [2.45, 2.75) is 18.9 Å². The molecule has 0 atom stereocenters. The summed E-state index contributed by atoms with van der Waals surface area (Å²) in [6, 6.07) is 0.287. The van der Waals surface area contributed by atoms with Gasteiger partial charge in [-0.25, -0.2) is 9.78 Å². The maximum atomic E-state index is 11.5. The van der Waals surface area contributed by atoms with Crippen molar-refractivity contribution in [3.8, 4) is 0 Å². The van der Waals surface area contributed by atoms with Crippen molar-refractivity contribution >= 4 is 28.5 Å². The molecule has 0 aromatic carbocycles. The molecule has 1 aromatic rings. The third-order valence-corrected chi connectivity index (χ3v) is 2.77. The van der Waals surface area contributed by atoms with Gasteiger partial charge in [-0.2, -0.15) is 0 Å². The van der Waals surface area contributed by atoms with Crippen LogP contribution in [0.3, 0.4) is 0 Å². The maximum absolute atomic E-state index is 11.5. The lowest BCUT2D eigenvalue weighted by Gasteiger charge is -1.97. The van der Waals surface area contributed by atoms with Crippen molar-refractivity contribution in [3.05, 3.63) is 11.1 Å². The van der Waals surface area contributed by atoms with Crippen LogP contribution in [0.25, 0.3) is 0 Å². The molecule has 2 amide bonds. The Bertz CT molecular complexity index is 400. The average Bonchev–Trinajstić information content (AvgIpc) is 2.83. The summed E-state index contributed by atoms with van der Waals surface area (Å²) in [6.45, 7) is 0. The molecule has 0 aliphatic heterocycles. The van der Waals surface area contributed by atoms with E-state index in [1.807, 2.05) is 0 Å². The second-order valence-electron chi connectivity index (χ2n) is 3.21. The lowest BCUT2D eigenvalue weighted by Crippen LogP contribution is -2.24. The number of carboxylic acid groups (broad SMARTS) is 1. The number of rotatable bonds is 3. The SMILES string of the molecule is O=C(O)Nc1ncc(C(=O)NC2CC2)s1. The minimum absolute atomic E-state index is 0.187. The Hall–Kier alpha value is -1.63. The van der Waals surface area contributed by atoms with Crippen molar-refractivity contribution in [2.75, 3.05) is 5.32 Å². The van der Waals surface area contributed by atoms with Crippen molar-refractivity contribution in [2.24, 2.45) is 0 Å². The third kappa shape index (κ3) is 2.66. The van der Waals surface area contributed by atoms with Gasteiger partial charge < -0.3 is 10.4 Å². The van der Waals surface area contributed by atoms with Gasteiger partial charge in [0, 0.05) is 6.04 Å². The van der Waals surface area contributed by atoms with Gasteiger partial charge >= 0.3 is 6.09 Å². The Kier molecular flexibility index (Phi) is 2.55. The fourth-order valence-electron chi connectivity index (χ4n) is 1.01. The quantitative estimate of drug-likeness (QED) is 0.721. The fourth-order valence-corrected chi connectivity index (χ4v) is 1.72. The summed E-state index contributed by atoms with van der Waals surface area (Å²) in [6.07, 6.45) is 2.22. The molecule has 1 fully saturated rings. The predicted molar refractivity (Wildman–Crippen MR) is 54.2 cm³/mol. The van der Waals surface area contributed by atoms with Crippen LogP contribution in [-0.4, -0.2) is 28.1 Å². The highest BCUT2D eigenvalue weighted by Crippen LogP contribution is 2.22. The second kappa shape index (κ2) is 3.85. The summed E-state index contributed by atoms with van der Waals surface area (Å²) >= 11 is 1.02. The van der Waals surface area contributed by atoms with E-state index in [4.69, 9.17) is 5.11 Å². The van der Waals surface area contributed by atoms with E-state index in [-0.39, 0.29) is 17.1 Å². The monoisotopic (exact) mass is 227 g/mol. The van der Waals surface area contributed by atoms with Crippen molar-refractivity contribution < 1.29 is 14.7 Å². The minimum Gasteiger partial charge on any atom is -0.465 e. The van der Waals surface area contributed by atoms with Gasteiger partial charge in [0.15, 0.2) is 5.13 Å². The van der Waals surface area contributed by atoms with Crippen LogP contribution < -0.4 is 10.6 Å². The van der Waals surface area contributed by atoms with E-state index in [1.165, 1.54) is 6.20 Å². The number of nitrogens with zero attached hydrogens (tertiary/aromatic N) is 1. The third-order valence-electron chi connectivity index (χ3n) is 1.86. The largest absolute Gasteiger partial charge is 0.465 e. The number of aromatic nitrogens is 1. The van der Waals surface area contributed by atoms with E-state index >= 15 is 0 Å². The highest BCUT2D eigenvalue weighted by Gasteiger charge is 2.24. The number of amides is 2. The molecule has 0 bridgehead atoms. The van der Waals surface area contributed by atoms with Crippen molar-refractivity contribution in [1.29, 1.82) is 0 Å². The molecule has 3 N–H and O–H groups in total. The van der Waals surface area contributed by atoms with E-state index in [0.717, 1.165) is 24.2 Å². The Labute approximate surface area is 89.3 Å². The van der Waals surface area contributed by atoms with E-state index in [2.05, 4.69) is 15.6 Å². The van der Waals surface area contributed by atoms with Crippen LogP contribution in [0.4, 0.5) is 9.93 Å². The van der Waals surface area contributed by atoms with Crippen LogP contribution in [0.1, 0.15) is 22.5 Å². The second-order valence-corrected chi connectivity index (χ2v) is 4.24. The Morgan fingerprint density at radius 3 is 2.87 bits per heavy atom. The van der Waals surface area contributed by atoms with E-state index < -0.39 is 6.09 Å². The highest BCUT2D eigenvalue weighted by molar-refractivity contribution is 7.17. The van der Waals surface area contributed by atoms with E-state index in [9.17, 15) is 9.59 Å². The van der Waals surface area contributed by atoms with Gasteiger partial charge in [0.05, 0.1) is 6.20 Å². The Morgan fingerprint density at radius 1 is 1.53 bits per heavy atom. The molecule has 1 saturated carbocycles. The zero-order valence-electron chi connectivity index (χ0n) is 7.69. The molecule has 2 rings (SSSR count). The molecular weight excluding hydrogens is 218 g/mol. The number of carbonyl (C=O) groups is 2. The molecule has 0 spiro atoms. The lowest BCUT2D eigenvalue weighted by atomic mass is 10.5. The van der Waals surface area contributed by atoms with Crippen LogP contribution >= 0.6 is 11.3 Å². The molecular formula is C8H9N3O3S. The van der Waals surface area contributed by atoms with Gasteiger partial charge in [-0.3, -0.25) is 10.1 Å². The van der Waals surface area contributed by atoms with Crippen molar-refractivity contribution in [3.63, 3.8) is 0 Å². The molecule has 6 nitrogen and oxygen atoms in total. The van der Waals surface area contributed by atoms with Crippen LogP contribution in [0, 0.1) is 0 Å².